The maximum Gasteiger partial charge on any atom is 0.155 e. The maximum absolute atomic E-state index is 5.41. The van der Waals surface area contributed by atoms with Crippen LogP contribution in [0.3, 0.4) is 0 Å². The lowest BCUT2D eigenvalue weighted by Crippen LogP contribution is -1.92. The summed E-state index contributed by atoms with van der Waals surface area (Å²) in [5.41, 5.74) is 3.61. The number of imidazole rings is 1. The molecule has 22 heavy (non-hydrogen) atoms. The molecule has 0 amide bonds. The fraction of sp³-hybridized carbons (Fsp3) is 0.0588. The Kier molecular flexibility index (Phi) is 2.89. The van der Waals surface area contributed by atoms with Crippen LogP contribution >= 0.6 is 0 Å². The van der Waals surface area contributed by atoms with E-state index in [0.717, 1.165) is 34.1 Å². The molecule has 108 valence electrons. The fourth-order valence-electron chi connectivity index (χ4n) is 2.42. The minimum atomic E-state index is 0.733. The predicted molar refractivity (Wildman–Crippen MR) is 82.7 cm³/mol. The van der Waals surface area contributed by atoms with Crippen LogP contribution in [0.5, 0.6) is 5.75 Å². The Labute approximate surface area is 126 Å². The van der Waals surface area contributed by atoms with Gasteiger partial charge in [0.2, 0.25) is 0 Å². The van der Waals surface area contributed by atoms with E-state index in [4.69, 9.17) is 9.15 Å². The molecule has 5 nitrogen and oxygen atoms in total. The van der Waals surface area contributed by atoms with Crippen molar-refractivity contribution in [3.63, 3.8) is 0 Å². The summed E-state index contributed by atoms with van der Waals surface area (Å²) in [4.78, 5) is 8.79. The van der Waals surface area contributed by atoms with Crippen LogP contribution in [-0.2, 0) is 0 Å². The molecular weight excluding hydrogens is 278 g/mol. The molecule has 1 aromatic carbocycles. The first-order chi connectivity index (χ1) is 10.8. The number of hydrogen-bond donors (Lipinski definition) is 0. The second kappa shape index (κ2) is 5.04. The normalized spacial score (nSPS) is 11.0. The molecule has 0 atom stereocenters. The molecule has 3 aromatic heterocycles. The highest BCUT2D eigenvalue weighted by molar-refractivity contribution is 5.65. The number of methoxy groups -OCH3 is 1. The van der Waals surface area contributed by atoms with E-state index in [1.165, 1.54) is 0 Å². The second-order valence-corrected chi connectivity index (χ2v) is 4.85. The number of rotatable bonds is 3. The first-order valence-electron chi connectivity index (χ1n) is 6.86. The van der Waals surface area contributed by atoms with Gasteiger partial charge in [-0.3, -0.25) is 4.40 Å². The van der Waals surface area contributed by atoms with Crippen LogP contribution < -0.4 is 4.74 Å². The molecule has 5 heteroatoms. The number of fused-ring (bicyclic) bond motifs is 1. The summed E-state index contributed by atoms with van der Waals surface area (Å²) < 4.78 is 12.6. The van der Waals surface area contributed by atoms with Gasteiger partial charge in [0.25, 0.3) is 0 Å². The minimum Gasteiger partial charge on any atom is -0.497 e. The molecule has 0 aliphatic carbocycles. The molecular formula is C17H13N3O2. The zero-order valence-corrected chi connectivity index (χ0v) is 11.9. The van der Waals surface area contributed by atoms with Gasteiger partial charge in [0.1, 0.15) is 11.4 Å². The van der Waals surface area contributed by atoms with Crippen LogP contribution in [0.2, 0.25) is 0 Å². The van der Waals surface area contributed by atoms with Gasteiger partial charge in [-0.15, -0.1) is 0 Å². The predicted octanol–water partition coefficient (Wildman–Crippen LogP) is 3.66. The quantitative estimate of drug-likeness (QED) is 0.578. The molecule has 0 unspecified atom stereocenters. The Balaban J connectivity index is 1.85. The molecule has 4 aromatic rings. The Hall–Kier alpha value is -3.08. The summed E-state index contributed by atoms with van der Waals surface area (Å²) in [5, 5.41) is 0. The van der Waals surface area contributed by atoms with Crippen LogP contribution in [0.4, 0.5) is 0 Å². The lowest BCUT2D eigenvalue weighted by molar-refractivity contribution is 0.415. The zero-order chi connectivity index (χ0) is 14.9. The van der Waals surface area contributed by atoms with E-state index in [-0.39, 0.29) is 0 Å². The van der Waals surface area contributed by atoms with Crippen molar-refractivity contribution in [3.8, 4) is 28.5 Å². The van der Waals surface area contributed by atoms with Crippen molar-refractivity contribution in [1.29, 1.82) is 0 Å². The molecule has 0 fully saturated rings. The third-order valence-corrected chi connectivity index (χ3v) is 3.56. The van der Waals surface area contributed by atoms with Gasteiger partial charge in [-0.1, -0.05) is 0 Å². The highest BCUT2D eigenvalue weighted by atomic mass is 16.5. The van der Waals surface area contributed by atoms with Gasteiger partial charge in [0, 0.05) is 11.8 Å². The van der Waals surface area contributed by atoms with Gasteiger partial charge < -0.3 is 9.15 Å². The maximum atomic E-state index is 5.41. The second-order valence-electron chi connectivity index (χ2n) is 4.85. The van der Waals surface area contributed by atoms with E-state index in [1.54, 1.807) is 19.6 Å². The first kappa shape index (κ1) is 12.6. The van der Waals surface area contributed by atoms with Crippen LogP contribution in [0, 0.1) is 0 Å². The van der Waals surface area contributed by atoms with Crippen molar-refractivity contribution in [2.24, 2.45) is 0 Å². The van der Waals surface area contributed by atoms with E-state index in [9.17, 15) is 0 Å². The van der Waals surface area contributed by atoms with E-state index in [2.05, 4.69) is 9.97 Å². The summed E-state index contributed by atoms with van der Waals surface area (Å²) in [6.07, 6.45) is 7.15. The van der Waals surface area contributed by atoms with Gasteiger partial charge in [-0.2, -0.15) is 0 Å². The van der Waals surface area contributed by atoms with E-state index < -0.39 is 0 Å². The number of ether oxygens (including phenoxy) is 1. The van der Waals surface area contributed by atoms with E-state index in [0.29, 0.717) is 0 Å². The Morgan fingerprint density at radius 1 is 1.05 bits per heavy atom. The molecule has 0 saturated heterocycles. The van der Waals surface area contributed by atoms with E-state index >= 15 is 0 Å². The number of nitrogens with zero attached hydrogens (tertiary/aromatic N) is 3. The summed E-state index contributed by atoms with van der Waals surface area (Å²) in [6.45, 7) is 0. The molecule has 0 aliphatic rings. The van der Waals surface area contributed by atoms with Crippen molar-refractivity contribution < 1.29 is 9.15 Å². The highest BCUT2D eigenvalue weighted by Gasteiger charge is 2.09. The van der Waals surface area contributed by atoms with E-state index in [1.807, 2.05) is 53.2 Å². The lowest BCUT2D eigenvalue weighted by atomic mass is 10.1. The fourth-order valence-corrected chi connectivity index (χ4v) is 2.42. The molecule has 0 bridgehead atoms. The molecule has 0 spiro atoms. The smallest absolute Gasteiger partial charge is 0.155 e. The van der Waals surface area contributed by atoms with Crippen molar-refractivity contribution in [1.82, 2.24) is 14.4 Å². The number of benzene rings is 1. The Bertz CT molecular complexity index is 909. The van der Waals surface area contributed by atoms with Crippen molar-refractivity contribution in [3.05, 3.63) is 61.3 Å². The average Bonchev–Trinajstić information content (AvgIpc) is 3.24. The average molecular weight is 291 g/mol. The summed E-state index contributed by atoms with van der Waals surface area (Å²) in [6, 6.07) is 11.6. The number of furan rings is 1. The van der Waals surface area contributed by atoms with Gasteiger partial charge in [-0.05, 0) is 36.4 Å². The van der Waals surface area contributed by atoms with Crippen LogP contribution in [0.15, 0.2) is 65.7 Å². The number of aromatic nitrogens is 3. The topological polar surface area (TPSA) is 52.6 Å². The monoisotopic (exact) mass is 291 g/mol. The van der Waals surface area contributed by atoms with Gasteiger partial charge >= 0.3 is 0 Å². The van der Waals surface area contributed by atoms with Gasteiger partial charge in [0.15, 0.2) is 11.4 Å². The standard InChI is InChI=1S/C17H13N3O2/c1-21-13-6-4-12(5-7-13)15-9-19-17-10-18-14(11-20(15)17)16-3-2-8-22-16/h2-11H,1H3. The molecule has 3 heterocycles. The van der Waals surface area contributed by atoms with Crippen LogP contribution in [0.25, 0.3) is 28.4 Å². The van der Waals surface area contributed by atoms with Gasteiger partial charge in [-0.25, -0.2) is 9.97 Å². The molecule has 0 N–H and O–H groups in total. The molecule has 0 aliphatic heterocycles. The summed E-state index contributed by atoms with van der Waals surface area (Å²) in [5.74, 6) is 1.56. The minimum absolute atomic E-state index is 0.733. The molecule has 4 rings (SSSR count). The SMILES string of the molecule is COc1ccc(-c2cnc3cnc(-c4ccco4)cn23)cc1. The first-order valence-corrected chi connectivity index (χ1v) is 6.86. The summed E-state index contributed by atoms with van der Waals surface area (Å²) in [7, 11) is 1.66. The Morgan fingerprint density at radius 3 is 2.64 bits per heavy atom. The zero-order valence-electron chi connectivity index (χ0n) is 11.9. The van der Waals surface area contributed by atoms with Crippen LogP contribution in [0.1, 0.15) is 0 Å². The molecule has 0 saturated carbocycles. The largest absolute Gasteiger partial charge is 0.497 e. The van der Waals surface area contributed by atoms with Gasteiger partial charge in [0.05, 0.1) is 31.5 Å². The Morgan fingerprint density at radius 2 is 1.91 bits per heavy atom. The molecule has 0 radical (unpaired) electrons. The number of hydrogen-bond acceptors (Lipinski definition) is 4. The van der Waals surface area contributed by atoms with Crippen LogP contribution in [-0.4, -0.2) is 21.5 Å². The third kappa shape index (κ3) is 2.03. The van der Waals surface area contributed by atoms with Crippen molar-refractivity contribution in [2.75, 3.05) is 7.11 Å². The third-order valence-electron chi connectivity index (χ3n) is 3.56. The lowest BCUT2D eigenvalue weighted by Gasteiger charge is -2.05. The van der Waals surface area contributed by atoms with Crippen molar-refractivity contribution in [2.45, 2.75) is 0 Å². The highest BCUT2D eigenvalue weighted by Crippen LogP contribution is 2.25. The summed E-state index contributed by atoms with van der Waals surface area (Å²) >= 11 is 0. The van der Waals surface area contributed by atoms with Crippen molar-refractivity contribution >= 4 is 5.65 Å².